The summed E-state index contributed by atoms with van der Waals surface area (Å²) < 4.78 is 24.3. The summed E-state index contributed by atoms with van der Waals surface area (Å²) in [5, 5.41) is 4.21. The fourth-order valence-corrected chi connectivity index (χ4v) is 4.59. The first-order chi connectivity index (χ1) is 16.9. The topological polar surface area (TPSA) is 104 Å². The number of anilines is 2. The van der Waals surface area contributed by atoms with Crippen LogP contribution < -0.4 is 15.4 Å². The zero-order valence-electron chi connectivity index (χ0n) is 19.2. The van der Waals surface area contributed by atoms with Crippen molar-refractivity contribution in [1.82, 2.24) is 24.1 Å². The van der Waals surface area contributed by atoms with E-state index >= 15 is 4.39 Å². The lowest BCUT2D eigenvalue weighted by molar-refractivity contribution is 0.0981. The molecule has 0 radical (unpaired) electrons. The van der Waals surface area contributed by atoms with Crippen LogP contribution in [0.3, 0.4) is 0 Å². The minimum Gasteiger partial charge on any atom is -0.493 e. The van der Waals surface area contributed by atoms with E-state index in [1.165, 1.54) is 17.0 Å². The Balaban J connectivity index is 1.47. The van der Waals surface area contributed by atoms with Crippen LogP contribution in [0.15, 0.2) is 48.9 Å². The van der Waals surface area contributed by atoms with Gasteiger partial charge in [0.1, 0.15) is 28.7 Å². The summed E-state index contributed by atoms with van der Waals surface area (Å²) in [5.74, 6) is 0.599. The van der Waals surface area contributed by atoms with Gasteiger partial charge in [-0.2, -0.15) is 5.10 Å². The number of nitrogen functional groups attached to an aromatic ring is 1. The number of fused-ring (bicyclic) bond motifs is 4. The second kappa shape index (κ2) is 7.79. The van der Waals surface area contributed by atoms with Gasteiger partial charge in [0.2, 0.25) is 0 Å². The van der Waals surface area contributed by atoms with Gasteiger partial charge in [-0.3, -0.25) is 13.9 Å². The smallest absolute Gasteiger partial charge is 0.261 e. The molecule has 6 rings (SSSR count). The Bertz CT molecular complexity index is 1640. The molecule has 9 nitrogen and oxygen atoms in total. The summed E-state index contributed by atoms with van der Waals surface area (Å²) in [7, 11) is 1.77. The second-order valence-corrected chi connectivity index (χ2v) is 8.65. The largest absolute Gasteiger partial charge is 0.493 e. The molecule has 0 fully saturated rings. The Kier molecular flexibility index (Phi) is 4.70. The lowest BCUT2D eigenvalue weighted by atomic mass is 10.1. The van der Waals surface area contributed by atoms with Crippen LogP contribution in [0.4, 0.5) is 15.9 Å². The number of halogens is 1. The van der Waals surface area contributed by atoms with Crippen LogP contribution in [0.25, 0.3) is 16.6 Å². The molecule has 0 atom stereocenters. The molecule has 35 heavy (non-hydrogen) atoms. The number of ether oxygens (including phenoxy) is 1. The van der Waals surface area contributed by atoms with Crippen molar-refractivity contribution in [3.8, 4) is 5.75 Å². The first-order valence-corrected chi connectivity index (χ1v) is 11.2. The van der Waals surface area contributed by atoms with E-state index < -0.39 is 11.7 Å². The van der Waals surface area contributed by atoms with Gasteiger partial charge in [-0.25, -0.2) is 14.4 Å². The van der Waals surface area contributed by atoms with Crippen LogP contribution in [-0.2, 0) is 20.0 Å². The third kappa shape index (κ3) is 3.45. The van der Waals surface area contributed by atoms with Crippen LogP contribution in [-0.4, -0.2) is 36.7 Å². The molecule has 0 aliphatic carbocycles. The Morgan fingerprint density at radius 1 is 1.23 bits per heavy atom. The second-order valence-electron chi connectivity index (χ2n) is 8.65. The van der Waals surface area contributed by atoms with Gasteiger partial charge < -0.3 is 15.4 Å². The third-order valence-electron chi connectivity index (χ3n) is 6.32. The lowest BCUT2D eigenvalue weighted by Gasteiger charge is -2.22. The standard InChI is InChI=1S/C25H22FN7O2/c1-14-28-11-22-24(27)30-20-9-19(26)18(8-21(20)33(14)22)25(34)32(17-10-29-31(2)13-17)12-15-3-4-23-16(7-15)5-6-35-23/h3-4,7-11,13H,5-6,12H2,1-2H3,(H2,27,30). The highest BCUT2D eigenvalue weighted by Crippen LogP contribution is 2.29. The summed E-state index contributed by atoms with van der Waals surface area (Å²) in [6.45, 7) is 2.71. The van der Waals surface area contributed by atoms with Gasteiger partial charge in [0.15, 0.2) is 0 Å². The first kappa shape index (κ1) is 21.1. The number of nitrogens with zero attached hydrogens (tertiary/aromatic N) is 6. The third-order valence-corrected chi connectivity index (χ3v) is 6.32. The van der Waals surface area contributed by atoms with Crippen molar-refractivity contribution in [3.63, 3.8) is 0 Å². The van der Waals surface area contributed by atoms with Gasteiger partial charge in [-0.05, 0) is 30.2 Å². The predicted molar refractivity (Wildman–Crippen MR) is 129 cm³/mol. The molecule has 1 aliphatic rings. The molecule has 176 valence electrons. The van der Waals surface area contributed by atoms with E-state index in [2.05, 4.69) is 15.1 Å². The number of hydrogen-bond donors (Lipinski definition) is 1. The molecule has 0 saturated carbocycles. The number of nitrogens with two attached hydrogens (primary N) is 1. The van der Waals surface area contributed by atoms with Crippen molar-refractivity contribution < 1.29 is 13.9 Å². The summed E-state index contributed by atoms with van der Waals surface area (Å²) in [6, 6.07) is 8.62. The average Bonchev–Trinajstić information content (AvgIpc) is 3.57. The first-order valence-electron chi connectivity index (χ1n) is 11.2. The fraction of sp³-hybridized carbons (Fsp3) is 0.200. The molecular weight excluding hydrogens is 449 g/mol. The molecule has 1 amide bonds. The van der Waals surface area contributed by atoms with Crippen molar-refractivity contribution >= 4 is 34.0 Å². The number of hydrogen-bond acceptors (Lipinski definition) is 6. The maximum atomic E-state index is 15.3. The van der Waals surface area contributed by atoms with Gasteiger partial charge in [0.05, 0.1) is 47.8 Å². The monoisotopic (exact) mass is 471 g/mol. The number of aromatic nitrogens is 5. The molecule has 5 aromatic rings. The summed E-state index contributed by atoms with van der Waals surface area (Å²) in [5.41, 5.74) is 10.0. The van der Waals surface area contributed by atoms with Crippen LogP contribution in [0.1, 0.15) is 27.3 Å². The van der Waals surface area contributed by atoms with Gasteiger partial charge >= 0.3 is 0 Å². The maximum Gasteiger partial charge on any atom is 0.261 e. The zero-order valence-corrected chi connectivity index (χ0v) is 19.2. The molecule has 2 N–H and O–H groups in total. The minimum atomic E-state index is -0.678. The molecule has 0 saturated heterocycles. The van der Waals surface area contributed by atoms with E-state index in [9.17, 15) is 4.79 Å². The number of aryl methyl sites for hydroxylation is 2. The minimum absolute atomic E-state index is 0.0770. The molecule has 1 aliphatic heterocycles. The van der Waals surface area contributed by atoms with E-state index in [1.54, 1.807) is 34.7 Å². The Labute approximate surface area is 199 Å². The summed E-state index contributed by atoms with van der Waals surface area (Å²) >= 11 is 0. The molecule has 0 spiro atoms. The molecule has 10 heteroatoms. The Morgan fingerprint density at radius 3 is 2.89 bits per heavy atom. The zero-order chi connectivity index (χ0) is 24.3. The van der Waals surface area contributed by atoms with E-state index in [0.29, 0.717) is 34.7 Å². The number of carbonyl (C=O) groups excluding carboxylic acids is 1. The Hall–Kier alpha value is -4.47. The normalized spacial score (nSPS) is 12.8. The van der Waals surface area contributed by atoms with Crippen molar-refractivity contribution in [2.75, 3.05) is 17.2 Å². The SMILES string of the molecule is Cc1ncc2c(N)nc3cc(F)c(C(=O)N(Cc4ccc5c(c4)CCO5)c4cnn(C)c4)cc3n12. The maximum absolute atomic E-state index is 15.3. The van der Waals surface area contributed by atoms with Crippen molar-refractivity contribution in [1.29, 1.82) is 0 Å². The van der Waals surface area contributed by atoms with Crippen molar-refractivity contribution in [2.45, 2.75) is 19.9 Å². The van der Waals surface area contributed by atoms with Crippen LogP contribution in [0, 0.1) is 12.7 Å². The van der Waals surface area contributed by atoms with Crippen LogP contribution in [0.2, 0.25) is 0 Å². The van der Waals surface area contributed by atoms with Gasteiger partial charge in [0.25, 0.3) is 5.91 Å². The molecule has 3 aromatic heterocycles. The van der Waals surface area contributed by atoms with Crippen molar-refractivity contribution in [3.05, 3.63) is 77.3 Å². The highest BCUT2D eigenvalue weighted by Gasteiger charge is 2.25. The predicted octanol–water partition coefficient (Wildman–Crippen LogP) is 3.43. The number of amides is 1. The lowest BCUT2D eigenvalue weighted by Crippen LogP contribution is -2.31. The highest BCUT2D eigenvalue weighted by molar-refractivity contribution is 6.08. The van der Waals surface area contributed by atoms with E-state index in [-0.39, 0.29) is 17.9 Å². The van der Waals surface area contributed by atoms with E-state index in [1.807, 2.05) is 25.1 Å². The van der Waals surface area contributed by atoms with Gasteiger partial charge in [0, 0.05) is 25.7 Å². The van der Waals surface area contributed by atoms with E-state index in [0.717, 1.165) is 23.3 Å². The number of benzene rings is 2. The van der Waals surface area contributed by atoms with Gasteiger partial charge in [-0.1, -0.05) is 12.1 Å². The molecule has 0 bridgehead atoms. The molecule has 0 unspecified atom stereocenters. The summed E-state index contributed by atoms with van der Waals surface area (Å²) in [6.07, 6.45) is 5.75. The van der Waals surface area contributed by atoms with E-state index in [4.69, 9.17) is 10.5 Å². The fourth-order valence-electron chi connectivity index (χ4n) is 4.59. The number of imidazole rings is 1. The van der Waals surface area contributed by atoms with Crippen LogP contribution >= 0.6 is 0 Å². The molecular formula is C25H22FN7O2. The average molecular weight is 471 g/mol. The highest BCUT2D eigenvalue weighted by atomic mass is 19.1. The van der Waals surface area contributed by atoms with Crippen LogP contribution in [0.5, 0.6) is 5.75 Å². The molecule has 2 aromatic carbocycles. The van der Waals surface area contributed by atoms with Gasteiger partial charge in [-0.15, -0.1) is 0 Å². The quantitative estimate of drug-likeness (QED) is 0.431. The number of rotatable bonds is 4. The number of carbonyl (C=O) groups is 1. The Morgan fingerprint density at radius 2 is 2.09 bits per heavy atom. The van der Waals surface area contributed by atoms with Crippen molar-refractivity contribution in [2.24, 2.45) is 7.05 Å². The summed E-state index contributed by atoms with van der Waals surface area (Å²) in [4.78, 5) is 24.0. The molecule has 4 heterocycles.